The second-order valence-electron chi connectivity index (χ2n) is 3.95. The van der Waals surface area contributed by atoms with Crippen LogP contribution in [0.15, 0.2) is 24.3 Å². The minimum absolute atomic E-state index is 0.0743. The average Bonchev–Trinajstić information content (AvgIpc) is 2.45. The first-order valence-electron chi connectivity index (χ1n) is 5.92. The molecule has 1 aromatic rings. The molecule has 1 N–H and O–H groups in total. The SMILES string of the molecule is O=C(CCC(=O)OC(CCl)CCl)Nc1ccccc1F. The molecule has 4 nitrogen and oxygen atoms in total. The lowest BCUT2D eigenvalue weighted by Gasteiger charge is -2.12. The molecule has 0 unspecified atom stereocenters. The lowest BCUT2D eigenvalue weighted by atomic mass is 10.2. The fourth-order valence-corrected chi connectivity index (χ4v) is 1.80. The first-order chi connectivity index (χ1) is 9.56. The van der Waals surface area contributed by atoms with Crippen molar-refractivity contribution in [2.75, 3.05) is 17.1 Å². The van der Waals surface area contributed by atoms with E-state index in [1.807, 2.05) is 0 Å². The minimum Gasteiger partial charge on any atom is -0.460 e. The van der Waals surface area contributed by atoms with Gasteiger partial charge in [0.15, 0.2) is 0 Å². The van der Waals surface area contributed by atoms with Crippen LogP contribution in [0.4, 0.5) is 10.1 Å². The van der Waals surface area contributed by atoms with Gasteiger partial charge in [0, 0.05) is 6.42 Å². The van der Waals surface area contributed by atoms with Gasteiger partial charge in [0.05, 0.1) is 23.9 Å². The van der Waals surface area contributed by atoms with Crippen LogP contribution in [0.2, 0.25) is 0 Å². The van der Waals surface area contributed by atoms with Gasteiger partial charge in [0.2, 0.25) is 5.91 Å². The summed E-state index contributed by atoms with van der Waals surface area (Å²) in [5.74, 6) is -1.39. The second kappa shape index (κ2) is 8.76. The van der Waals surface area contributed by atoms with E-state index in [0.29, 0.717) is 0 Å². The zero-order chi connectivity index (χ0) is 15.0. The maximum absolute atomic E-state index is 13.3. The van der Waals surface area contributed by atoms with Gasteiger partial charge in [-0.15, -0.1) is 23.2 Å². The highest BCUT2D eigenvalue weighted by Crippen LogP contribution is 2.13. The van der Waals surface area contributed by atoms with Crippen LogP contribution in [0.1, 0.15) is 12.8 Å². The summed E-state index contributed by atoms with van der Waals surface area (Å²) in [4.78, 5) is 23.0. The number of halogens is 3. The van der Waals surface area contributed by atoms with Crippen LogP contribution in [0.3, 0.4) is 0 Å². The molecule has 0 fully saturated rings. The van der Waals surface area contributed by atoms with E-state index in [2.05, 4.69) is 5.32 Å². The Morgan fingerprint density at radius 2 is 1.85 bits per heavy atom. The van der Waals surface area contributed by atoms with E-state index in [-0.39, 0.29) is 30.3 Å². The Kier molecular flexibility index (Phi) is 7.33. The predicted molar refractivity (Wildman–Crippen MR) is 75.6 cm³/mol. The Morgan fingerprint density at radius 1 is 1.20 bits per heavy atom. The molecule has 0 aromatic heterocycles. The summed E-state index contributed by atoms with van der Waals surface area (Å²) in [6.45, 7) is 0. The van der Waals surface area contributed by atoms with Gasteiger partial charge in [0.25, 0.3) is 0 Å². The summed E-state index contributed by atoms with van der Waals surface area (Å²) < 4.78 is 18.2. The molecule has 7 heteroatoms. The second-order valence-corrected chi connectivity index (χ2v) is 4.57. The van der Waals surface area contributed by atoms with Gasteiger partial charge in [-0.1, -0.05) is 12.1 Å². The molecule has 0 radical (unpaired) electrons. The lowest BCUT2D eigenvalue weighted by Crippen LogP contribution is -2.22. The van der Waals surface area contributed by atoms with Crippen LogP contribution in [0.25, 0.3) is 0 Å². The number of hydrogen-bond acceptors (Lipinski definition) is 3. The Balaban J connectivity index is 2.37. The Morgan fingerprint density at radius 3 is 2.45 bits per heavy atom. The van der Waals surface area contributed by atoms with Crippen molar-refractivity contribution in [3.05, 3.63) is 30.1 Å². The van der Waals surface area contributed by atoms with Crippen LogP contribution < -0.4 is 5.32 Å². The molecule has 1 rings (SSSR count). The minimum atomic E-state index is -0.569. The first kappa shape index (κ1) is 16.7. The van der Waals surface area contributed by atoms with Crippen molar-refractivity contribution in [1.29, 1.82) is 0 Å². The molecule has 0 spiro atoms. The van der Waals surface area contributed by atoms with Crippen molar-refractivity contribution in [3.8, 4) is 0 Å². The number of anilines is 1. The maximum Gasteiger partial charge on any atom is 0.306 e. The van der Waals surface area contributed by atoms with Gasteiger partial charge in [-0.2, -0.15) is 0 Å². The number of carbonyl (C=O) groups is 2. The van der Waals surface area contributed by atoms with Crippen LogP contribution in [-0.2, 0) is 14.3 Å². The average molecular weight is 322 g/mol. The molecule has 1 amide bonds. The van der Waals surface area contributed by atoms with E-state index in [0.717, 1.165) is 0 Å². The van der Waals surface area contributed by atoms with E-state index in [9.17, 15) is 14.0 Å². The molecule has 1 aromatic carbocycles. The molecular formula is C13H14Cl2FNO3. The van der Waals surface area contributed by atoms with Gasteiger partial charge in [-0.25, -0.2) is 4.39 Å². The summed E-state index contributed by atoms with van der Waals surface area (Å²) >= 11 is 11.0. The number of esters is 1. The number of benzene rings is 1. The lowest BCUT2D eigenvalue weighted by molar-refractivity contribution is -0.148. The highest BCUT2D eigenvalue weighted by atomic mass is 35.5. The largest absolute Gasteiger partial charge is 0.460 e. The van der Waals surface area contributed by atoms with Crippen molar-refractivity contribution < 1.29 is 18.7 Å². The zero-order valence-corrected chi connectivity index (χ0v) is 12.1. The van der Waals surface area contributed by atoms with Crippen LogP contribution in [0, 0.1) is 5.82 Å². The van der Waals surface area contributed by atoms with Crippen molar-refractivity contribution in [2.24, 2.45) is 0 Å². The van der Waals surface area contributed by atoms with E-state index in [4.69, 9.17) is 27.9 Å². The summed E-state index contributed by atoms with van der Waals surface area (Å²) in [5, 5.41) is 2.37. The topological polar surface area (TPSA) is 55.4 Å². The van der Waals surface area contributed by atoms with Crippen LogP contribution in [-0.4, -0.2) is 29.7 Å². The van der Waals surface area contributed by atoms with Crippen molar-refractivity contribution >= 4 is 40.8 Å². The number of para-hydroxylation sites is 1. The van der Waals surface area contributed by atoms with Crippen LogP contribution in [0.5, 0.6) is 0 Å². The fraction of sp³-hybridized carbons (Fsp3) is 0.385. The number of nitrogens with one attached hydrogen (secondary N) is 1. The zero-order valence-electron chi connectivity index (χ0n) is 10.6. The van der Waals surface area contributed by atoms with Gasteiger partial charge >= 0.3 is 5.97 Å². The molecule has 0 saturated heterocycles. The monoisotopic (exact) mass is 321 g/mol. The van der Waals surface area contributed by atoms with Gasteiger partial charge in [0.1, 0.15) is 11.9 Å². The Bertz CT molecular complexity index is 467. The molecule has 0 saturated carbocycles. The first-order valence-corrected chi connectivity index (χ1v) is 6.99. The molecular weight excluding hydrogens is 308 g/mol. The normalized spacial score (nSPS) is 10.4. The number of carbonyl (C=O) groups excluding carboxylic acids is 2. The predicted octanol–water partition coefficient (Wildman–Crippen LogP) is 2.93. The number of ether oxygens (including phenoxy) is 1. The molecule has 0 atom stereocenters. The maximum atomic E-state index is 13.3. The Labute approximate surface area is 126 Å². The standard InChI is InChI=1S/C13H14Cl2FNO3/c14-7-9(8-15)20-13(19)6-5-12(18)17-11-4-2-1-3-10(11)16/h1-4,9H,5-8H2,(H,17,18). The molecule has 20 heavy (non-hydrogen) atoms. The Hall–Kier alpha value is -1.33. The van der Waals surface area contributed by atoms with E-state index in [1.54, 1.807) is 6.07 Å². The quantitative estimate of drug-likeness (QED) is 0.620. The van der Waals surface area contributed by atoms with E-state index < -0.39 is 23.8 Å². The fourth-order valence-electron chi connectivity index (χ4n) is 1.34. The highest BCUT2D eigenvalue weighted by Gasteiger charge is 2.14. The van der Waals surface area contributed by atoms with Crippen molar-refractivity contribution in [3.63, 3.8) is 0 Å². The highest BCUT2D eigenvalue weighted by molar-refractivity contribution is 6.21. The van der Waals surface area contributed by atoms with Crippen molar-refractivity contribution in [1.82, 2.24) is 0 Å². The molecule has 0 bridgehead atoms. The van der Waals surface area contributed by atoms with Crippen molar-refractivity contribution in [2.45, 2.75) is 18.9 Å². The van der Waals surface area contributed by atoms with E-state index in [1.165, 1.54) is 18.2 Å². The van der Waals surface area contributed by atoms with Gasteiger partial charge in [-0.3, -0.25) is 9.59 Å². The summed E-state index contributed by atoms with van der Waals surface area (Å²) in [5.41, 5.74) is 0.0743. The van der Waals surface area contributed by atoms with Gasteiger partial charge in [-0.05, 0) is 12.1 Å². The summed E-state index contributed by atoms with van der Waals surface area (Å²) in [6, 6.07) is 5.78. The number of hydrogen-bond donors (Lipinski definition) is 1. The third kappa shape index (κ3) is 5.75. The number of rotatable bonds is 7. The molecule has 0 heterocycles. The van der Waals surface area contributed by atoms with Gasteiger partial charge < -0.3 is 10.1 Å². The number of alkyl halides is 2. The third-order valence-electron chi connectivity index (χ3n) is 2.35. The molecule has 0 aliphatic heterocycles. The smallest absolute Gasteiger partial charge is 0.306 e. The third-order valence-corrected chi connectivity index (χ3v) is 3.03. The van der Waals surface area contributed by atoms with E-state index >= 15 is 0 Å². The van der Waals surface area contributed by atoms with Crippen LogP contribution >= 0.6 is 23.2 Å². The molecule has 110 valence electrons. The summed E-state index contributed by atoms with van der Waals surface area (Å²) in [7, 11) is 0. The molecule has 0 aliphatic carbocycles. The molecule has 0 aliphatic rings. The number of amides is 1. The summed E-state index contributed by atoms with van der Waals surface area (Å²) in [6.07, 6.45) is -0.796.